The van der Waals surface area contributed by atoms with Gasteiger partial charge in [-0.1, -0.05) is 17.7 Å². The molecule has 16 heavy (non-hydrogen) atoms. The highest BCUT2D eigenvalue weighted by Crippen LogP contribution is 2.19. The molecule has 1 aliphatic heterocycles. The molecule has 2 rings (SSSR count). The van der Waals surface area contributed by atoms with Crippen LogP contribution in [0.15, 0.2) is 18.2 Å². The number of nitrogens with one attached hydrogen (secondary N) is 1. The maximum Gasteiger partial charge on any atom is 0.162 e. The number of aromatic nitrogens is 1. The van der Waals surface area contributed by atoms with E-state index in [9.17, 15) is 0 Å². The van der Waals surface area contributed by atoms with Crippen molar-refractivity contribution in [1.82, 2.24) is 4.98 Å². The van der Waals surface area contributed by atoms with Crippen molar-refractivity contribution in [1.29, 1.82) is 0 Å². The predicted molar refractivity (Wildman–Crippen MR) is 62.6 cm³/mol. The SMILES string of the molecule is CC1(C)OCC(Nc2cccc(Cl)n2)CO1. The summed E-state index contributed by atoms with van der Waals surface area (Å²) in [4.78, 5) is 4.15. The minimum atomic E-state index is -0.486. The van der Waals surface area contributed by atoms with Crippen LogP contribution >= 0.6 is 11.6 Å². The molecule has 0 spiro atoms. The molecule has 0 amide bonds. The first-order valence-electron chi connectivity index (χ1n) is 5.22. The molecular formula is C11H15ClN2O2. The third-order valence-corrected chi connectivity index (χ3v) is 2.54. The first-order valence-corrected chi connectivity index (χ1v) is 5.60. The molecule has 88 valence electrons. The highest BCUT2D eigenvalue weighted by Gasteiger charge is 2.28. The van der Waals surface area contributed by atoms with E-state index in [0.29, 0.717) is 18.4 Å². The van der Waals surface area contributed by atoms with E-state index in [0.717, 1.165) is 5.82 Å². The minimum Gasteiger partial charge on any atom is -0.363 e. The molecule has 1 aromatic heterocycles. The molecule has 0 atom stereocenters. The smallest absolute Gasteiger partial charge is 0.162 e. The maximum absolute atomic E-state index is 5.79. The van der Waals surface area contributed by atoms with E-state index in [1.807, 2.05) is 26.0 Å². The maximum atomic E-state index is 5.79. The fraction of sp³-hybridized carbons (Fsp3) is 0.545. The van der Waals surface area contributed by atoms with Crippen molar-refractivity contribution in [2.45, 2.75) is 25.7 Å². The number of pyridine rings is 1. The van der Waals surface area contributed by atoms with Gasteiger partial charge in [0.1, 0.15) is 11.0 Å². The fourth-order valence-corrected chi connectivity index (χ4v) is 1.64. The lowest BCUT2D eigenvalue weighted by Crippen LogP contribution is -2.45. The summed E-state index contributed by atoms with van der Waals surface area (Å²) < 4.78 is 11.1. The van der Waals surface area contributed by atoms with Crippen molar-refractivity contribution in [3.63, 3.8) is 0 Å². The number of rotatable bonds is 2. The summed E-state index contributed by atoms with van der Waals surface area (Å²) in [5, 5.41) is 3.69. The Morgan fingerprint density at radius 1 is 1.38 bits per heavy atom. The molecule has 0 bridgehead atoms. The number of anilines is 1. The third-order valence-electron chi connectivity index (χ3n) is 2.33. The minimum absolute atomic E-state index is 0.110. The average molecular weight is 243 g/mol. The van der Waals surface area contributed by atoms with Crippen molar-refractivity contribution in [2.75, 3.05) is 18.5 Å². The lowest BCUT2D eigenvalue weighted by atomic mass is 10.2. The molecule has 2 heterocycles. The van der Waals surface area contributed by atoms with Crippen molar-refractivity contribution >= 4 is 17.4 Å². The summed E-state index contributed by atoms with van der Waals surface area (Å²) in [5.41, 5.74) is 0. The summed E-state index contributed by atoms with van der Waals surface area (Å²) in [5.74, 6) is 0.254. The van der Waals surface area contributed by atoms with Gasteiger partial charge in [0.25, 0.3) is 0 Å². The highest BCUT2D eigenvalue weighted by atomic mass is 35.5. The van der Waals surface area contributed by atoms with Gasteiger partial charge in [-0.2, -0.15) is 0 Å². The predicted octanol–water partition coefficient (Wildman–Crippen LogP) is 2.30. The van der Waals surface area contributed by atoms with Crippen LogP contribution < -0.4 is 5.32 Å². The first kappa shape index (κ1) is 11.6. The molecule has 1 fully saturated rings. The Balaban J connectivity index is 1.92. The normalized spacial score (nSPS) is 20.7. The van der Waals surface area contributed by atoms with Gasteiger partial charge < -0.3 is 14.8 Å². The van der Waals surface area contributed by atoms with Crippen molar-refractivity contribution in [3.8, 4) is 0 Å². The Morgan fingerprint density at radius 2 is 2.06 bits per heavy atom. The lowest BCUT2D eigenvalue weighted by molar-refractivity contribution is -0.247. The lowest BCUT2D eigenvalue weighted by Gasteiger charge is -2.35. The molecule has 0 saturated carbocycles. The molecule has 1 aliphatic rings. The second kappa shape index (κ2) is 4.57. The van der Waals surface area contributed by atoms with Gasteiger partial charge in [-0.3, -0.25) is 0 Å². The summed E-state index contributed by atoms with van der Waals surface area (Å²) in [6.07, 6.45) is 0. The number of nitrogens with zero attached hydrogens (tertiary/aromatic N) is 1. The topological polar surface area (TPSA) is 43.4 Å². The van der Waals surface area contributed by atoms with Gasteiger partial charge in [-0.15, -0.1) is 0 Å². The Bertz CT molecular complexity index is 361. The van der Waals surface area contributed by atoms with Gasteiger partial charge in [0.2, 0.25) is 0 Å². The van der Waals surface area contributed by atoms with Gasteiger partial charge in [-0.05, 0) is 26.0 Å². The van der Waals surface area contributed by atoms with Gasteiger partial charge in [0, 0.05) is 0 Å². The van der Waals surface area contributed by atoms with Gasteiger partial charge >= 0.3 is 0 Å². The highest BCUT2D eigenvalue weighted by molar-refractivity contribution is 6.29. The Morgan fingerprint density at radius 3 is 2.69 bits per heavy atom. The van der Waals surface area contributed by atoms with Crippen LogP contribution in [-0.4, -0.2) is 30.0 Å². The molecule has 1 saturated heterocycles. The summed E-state index contributed by atoms with van der Waals surface area (Å²) in [6, 6.07) is 5.57. The second-order valence-corrected chi connectivity index (χ2v) is 4.60. The molecular weight excluding hydrogens is 228 g/mol. The standard InChI is InChI=1S/C11H15ClN2O2/c1-11(2)15-6-8(7-16-11)13-10-5-3-4-9(12)14-10/h3-5,8H,6-7H2,1-2H3,(H,13,14). The molecule has 0 radical (unpaired) electrons. The zero-order valence-electron chi connectivity index (χ0n) is 9.37. The molecule has 1 aromatic rings. The summed E-state index contributed by atoms with van der Waals surface area (Å²) in [7, 11) is 0. The van der Waals surface area contributed by atoms with Gasteiger partial charge in [0.15, 0.2) is 5.79 Å². The van der Waals surface area contributed by atoms with Crippen LogP contribution in [0.25, 0.3) is 0 Å². The number of halogens is 1. The van der Waals surface area contributed by atoms with Crippen LogP contribution in [0.3, 0.4) is 0 Å². The number of hydrogen-bond acceptors (Lipinski definition) is 4. The molecule has 0 unspecified atom stereocenters. The fourth-order valence-electron chi connectivity index (χ4n) is 1.47. The third kappa shape index (κ3) is 3.07. The van der Waals surface area contributed by atoms with Crippen LogP contribution in [0.4, 0.5) is 5.82 Å². The van der Waals surface area contributed by atoms with Crippen LogP contribution in [0.1, 0.15) is 13.8 Å². The Labute approximate surface area is 99.9 Å². The molecule has 5 heteroatoms. The van der Waals surface area contributed by atoms with Crippen molar-refractivity contribution in [3.05, 3.63) is 23.4 Å². The van der Waals surface area contributed by atoms with E-state index in [1.165, 1.54) is 0 Å². The summed E-state index contributed by atoms with van der Waals surface area (Å²) >= 11 is 5.79. The van der Waals surface area contributed by atoms with E-state index in [-0.39, 0.29) is 6.04 Å². The molecule has 0 aromatic carbocycles. The van der Waals surface area contributed by atoms with Crippen molar-refractivity contribution in [2.24, 2.45) is 0 Å². The Hall–Kier alpha value is -0.840. The Kier molecular flexibility index (Phi) is 3.33. The first-order chi connectivity index (χ1) is 7.55. The molecule has 0 aliphatic carbocycles. The van der Waals surface area contributed by atoms with E-state index in [2.05, 4.69) is 10.3 Å². The molecule has 4 nitrogen and oxygen atoms in total. The van der Waals surface area contributed by atoms with E-state index < -0.39 is 5.79 Å². The van der Waals surface area contributed by atoms with E-state index in [1.54, 1.807) is 6.07 Å². The van der Waals surface area contributed by atoms with E-state index in [4.69, 9.17) is 21.1 Å². The number of ether oxygens (including phenoxy) is 2. The van der Waals surface area contributed by atoms with Crippen LogP contribution in [0.2, 0.25) is 5.15 Å². The van der Waals surface area contributed by atoms with E-state index >= 15 is 0 Å². The zero-order chi connectivity index (χ0) is 11.6. The van der Waals surface area contributed by atoms with Crippen LogP contribution in [0.5, 0.6) is 0 Å². The second-order valence-electron chi connectivity index (χ2n) is 4.21. The largest absolute Gasteiger partial charge is 0.363 e. The number of hydrogen-bond donors (Lipinski definition) is 1. The van der Waals surface area contributed by atoms with Crippen LogP contribution in [-0.2, 0) is 9.47 Å². The van der Waals surface area contributed by atoms with Gasteiger partial charge in [-0.25, -0.2) is 4.98 Å². The molecule has 1 N–H and O–H groups in total. The summed E-state index contributed by atoms with van der Waals surface area (Å²) in [6.45, 7) is 5.00. The monoisotopic (exact) mass is 242 g/mol. The quantitative estimate of drug-likeness (QED) is 0.809. The van der Waals surface area contributed by atoms with Gasteiger partial charge in [0.05, 0.1) is 19.3 Å². The van der Waals surface area contributed by atoms with Crippen molar-refractivity contribution < 1.29 is 9.47 Å². The zero-order valence-corrected chi connectivity index (χ0v) is 10.1. The van der Waals surface area contributed by atoms with Crippen LogP contribution in [0, 0.1) is 0 Å². The average Bonchev–Trinajstić information content (AvgIpc) is 2.21.